The van der Waals surface area contributed by atoms with E-state index in [9.17, 15) is 4.79 Å². The summed E-state index contributed by atoms with van der Waals surface area (Å²) in [6.07, 6.45) is 1.55. The van der Waals surface area contributed by atoms with Crippen molar-refractivity contribution >= 4 is 34.8 Å². The van der Waals surface area contributed by atoms with Gasteiger partial charge in [-0.05, 0) is 18.1 Å². The highest BCUT2D eigenvalue weighted by atomic mass is 35.5. The standard InChI is InChI=1S/C10H16ClN5OS/c1-6(2)4-16(10(12)18)14-9(17)8-7(11)5-15(3)13-8/h5-6H,4H2,1-3H3,(H2,12,18)(H,14,17). The maximum Gasteiger partial charge on any atom is 0.291 e. The van der Waals surface area contributed by atoms with E-state index in [0.29, 0.717) is 12.5 Å². The number of halogens is 1. The average Bonchev–Trinajstić information content (AvgIpc) is 2.56. The Kier molecular flexibility index (Phi) is 4.92. The van der Waals surface area contributed by atoms with E-state index < -0.39 is 5.91 Å². The second kappa shape index (κ2) is 6.01. The van der Waals surface area contributed by atoms with Crippen molar-refractivity contribution in [3.8, 4) is 0 Å². The number of nitrogens with one attached hydrogen (secondary N) is 1. The van der Waals surface area contributed by atoms with Gasteiger partial charge < -0.3 is 5.73 Å². The van der Waals surface area contributed by atoms with Gasteiger partial charge in [0.1, 0.15) is 0 Å². The lowest BCUT2D eigenvalue weighted by molar-refractivity contribution is 0.0857. The first-order valence-corrected chi connectivity index (χ1v) is 6.17. The molecule has 6 nitrogen and oxygen atoms in total. The van der Waals surface area contributed by atoms with Crippen LogP contribution in [0.15, 0.2) is 6.20 Å². The van der Waals surface area contributed by atoms with Crippen LogP contribution in [0.3, 0.4) is 0 Å². The Morgan fingerprint density at radius 1 is 1.72 bits per heavy atom. The van der Waals surface area contributed by atoms with E-state index in [4.69, 9.17) is 29.6 Å². The summed E-state index contributed by atoms with van der Waals surface area (Å²) in [5, 5.41) is 5.75. The molecule has 8 heteroatoms. The molecule has 0 fully saturated rings. The van der Waals surface area contributed by atoms with Crippen LogP contribution >= 0.6 is 23.8 Å². The third kappa shape index (κ3) is 3.85. The van der Waals surface area contributed by atoms with Crippen LogP contribution in [0.5, 0.6) is 0 Å². The predicted octanol–water partition coefficient (Wildman–Crippen LogP) is 0.920. The zero-order valence-corrected chi connectivity index (χ0v) is 12.0. The number of carbonyl (C=O) groups is 1. The molecule has 0 aliphatic heterocycles. The number of hydrazine groups is 1. The minimum absolute atomic E-state index is 0.101. The first-order chi connectivity index (χ1) is 8.31. The van der Waals surface area contributed by atoms with Gasteiger partial charge in [-0.15, -0.1) is 0 Å². The number of hydrogen-bond donors (Lipinski definition) is 2. The number of aromatic nitrogens is 2. The molecule has 0 aromatic carbocycles. The van der Waals surface area contributed by atoms with Gasteiger partial charge in [0.15, 0.2) is 10.8 Å². The predicted molar refractivity (Wildman–Crippen MR) is 74.0 cm³/mol. The van der Waals surface area contributed by atoms with Crippen molar-refractivity contribution in [2.45, 2.75) is 13.8 Å². The van der Waals surface area contributed by atoms with E-state index in [1.165, 1.54) is 9.69 Å². The lowest BCUT2D eigenvalue weighted by Gasteiger charge is -2.24. The van der Waals surface area contributed by atoms with E-state index in [2.05, 4.69) is 10.5 Å². The monoisotopic (exact) mass is 289 g/mol. The van der Waals surface area contributed by atoms with E-state index in [1.807, 2.05) is 13.8 Å². The van der Waals surface area contributed by atoms with Gasteiger partial charge in [0.25, 0.3) is 5.91 Å². The molecule has 0 atom stereocenters. The zero-order chi connectivity index (χ0) is 13.9. The van der Waals surface area contributed by atoms with Crippen LogP contribution in [0, 0.1) is 5.92 Å². The minimum atomic E-state index is -0.436. The Balaban J connectivity index is 2.78. The SMILES string of the molecule is CC(C)CN(NC(=O)c1nn(C)cc1Cl)C(N)=S. The van der Waals surface area contributed by atoms with Gasteiger partial charge in [0.2, 0.25) is 0 Å². The molecule has 0 spiro atoms. The van der Waals surface area contributed by atoms with Gasteiger partial charge in [-0.3, -0.25) is 19.9 Å². The van der Waals surface area contributed by atoms with Crippen molar-refractivity contribution in [3.05, 3.63) is 16.9 Å². The maximum atomic E-state index is 11.9. The average molecular weight is 290 g/mol. The molecular formula is C10H16ClN5OS. The van der Waals surface area contributed by atoms with Crippen LogP contribution in [-0.4, -0.2) is 32.4 Å². The fourth-order valence-corrected chi connectivity index (χ4v) is 1.73. The Morgan fingerprint density at radius 2 is 2.33 bits per heavy atom. The van der Waals surface area contributed by atoms with Crippen LogP contribution in [-0.2, 0) is 7.05 Å². The molecule has 1 heterocycles. The molecule has 100 valence electrons. The van der Waals surface area contributed by atoms with Crippen LogP contribution < -0.4 is 11.2 Å². The van der Waals surface area contributed by atoms with Gasteiger partial charge in [-0.2, -0.15) is 5.10 Å². The largest absolute Gasteiger partial charge is 0.375 e. The summed E-state index contributed by atoms with van der Waals surface area (Å²) in [5.41, 5.74) is 8.27. The first-order valence-electron chi connectivity index (χ1n) is 5.38. The maximum absolute atomic E-state index is 11.9. The molecule has 1 aromatic rings. The smallest absolute Gasteiger partial charge is 0.291 e. The molecule has 1 amide bonds. The Hall–Kier alpha value is -1.34. The minimum Gasteiger partial charge on any atom is -0.375 e. The van der Waals surface area contributed by atoms with Crippen LogP contribution in [0.4, 0.5) is 0 Å². The topological polar surface area (TPSA) is 76.2 Å². The molecule has 0 radical (unpaired) electrons. The molecule has 0 aliphatic carbocycles. The number of nitrogens with zero attached hydrogens (tertiary/aromatic N) is 3. The summed E-state index contributed by atoms with van der Waals surface area (Å²) in [5.74, 6) is -0.139. The molecule has 1 rings (SSSR count). The van der Waals surface area contributed by atoms with Gasteiger partial charge in [0, 0.05) is 19.8 Å². The third-order valence-corrected chi connectivity index (χ3v) is 2.55. The van der Waals surface area contributed by atoms with Crippen molar-refractivity contribution in [3.63, 3.8) is 0 Å². The molecular weight excluding hydrogens is 274 g/mol. The Labute approximate surface area is 116 Å². The fourth-order valence-electron chi connectivity index (χ4n) is 1.34. The van der Waals surface area contributed by atoms with Crippen molar-refractivity contribution in [1.29, 1.82) is 0 Å². The fraction of sp³-hybridized carbons (Fsp3) is 0.500. The summed E-state index contributed by atoms with van der Waals surface area (Å²) in [6.45, 7) is 4.50. The third-order valence-electron chi connectivity index (χ3n) is 2.05. The number of amides is 1. The first kappa shape index (κ1) is 14.7. The summed E-state index contributed by atoms with van der Waals surface area (Å²) >= 11 is 10.8. The van der Waals surface area contributed by atoms with Crippen LogP contribution in [0.25, 0.3) is 0 Å². The molecule has 0 saturated carbocycles. The van der Waals surface area contributed by atoms with Gasteiger partial charge in [-0.1, -0.05) is 25.4 Å². The van der Waals surface area contributed by atoms with Crippen LogP contribution in [0.2, 0.25) is 5.02 Å². The Bertz CT molecular complexity index is 459. The number of thiocarbonyl (C=S) groups is 1. The number of rotatable bonds is 3. The Morgan fingerprint density at radius 3 is 2.72 bits per heavy atom. The summed E-state index contributed by atoms with van der Waals surface area (Å²) < 4.78 is 1.46. The highest BCUT2D eigenvalue weighted by Gasteiger charge is 2.18. The van der Waals surface area contributed by atoms with E-state index >= 15 is 0 Å². The second-order valence-electron chi connectivity index (χ2n) is 4.28. The van der Waals surface area contributed by atoms with Gasteiger partial charge in [0.05, 0.1) is 5.02 Å². The highest BCUT2D eigenvalue weighted by molar-refractivity contribution is 7.80. The van der Waals surface area contributed by atoms with E-state index in [-0.39, 0.29) is 15.8 Å². The molecule has 18 heavy (non-hydrogen) atoms. The number of hydrogen-bond acceptors (Lipinski definition) is 3. The van der Waals surface area contributed by atoms with E-state index in [0.717, 1.165) is 0 Å². The molecule has 3 N–H and O–H groups in total. The molecule has 0 unspecified atom stereocenters. The van der Waals surface area contributed by atoms with Gasteiger partial charge >= 0.3 is 0 Å². The van der Waals surface area contributed by atoms with Crippen molar-refractivity contribution in [2.24, 2.45) is 18.7 Å². The quantitative estimate of drug-likeness (QED) is 0.639. The van der Waals surface area contributed by atoms with Gasteiger partial charge in [-0.25, -0.2) is 0 Å². The van der Waals surface area contributed by atoms with Crippen LogP contribution in [0.1, 0.15) is 24.3 Å². The molecule has 0 saturated heterocycles. The lowest BCUT2D eigenvalue weighted by Crippen LogP contribution is -2.50. The van der Waals surface area contributed by atoms with Crippen molar-refractivity contribution < 1.29 is 4.79 Å². The second-order valence-corrected chi connectivity index (χ2v) is 5.11. The highest BCUT2D eigenvalue weighted by Crippen LogP contribution is 2.13. The summed E-state index contributed by atoms with van der Waals surface area (Å²) in [6, 6.07) is 0. The summed E-state index contributed by atoms with van der Waals surface area (Å²) in [4.78, 5) is 11.9. The van der Waals surface area contributed by atoms with E-state index in [1.54, 1.807) is 13.2 Å². The van der Waals surface area contributed by atoms with Crippen molar-refractivity contribution in [1.82, 2.24) is 20.2 Å². The molecule has 1 aromatic heterocycles. The van der Waals surface area contributed by atoms with Crippen molar-refractivity contribution in [2.75, 3.05) is 6.54 Å². The summed E-state index contributed by atoms with van der Waals surface area (Å²) in [7, 11) is 1.68. The lowest BCUT2D eigenvalue weighted by atomic mass is 10.2. The number of aryl methyl sites for hydroxylation is 1. The number of carbonyl (C=O) groups excluding carboxylic acids is 1. The normalized spacial score (nSPS) is 10.5. The number of nitrogens with two attached hydrogens (primary N) is 1. The molecule has 0 bridgehead atoms. The zero-order valence-electron chi connectivity index (χ0n) is 10.5. The molecule has 0 aliphatic rings.